The Labute approximate surface area is 116 Å². The molecule has 0 amide bonds. The Bertz CT molecular complexity index is 177. The van der Waals surface area contributed by atoms with Gasteiger partial charge in [0, 0.05) is 0 Å². The number of hydrogen-bond acceptors (Lipinski definition) is 0. The predicted octanol–water partition coefficient (Wildman–Crippen LogP) is 5.15. The first-order chi connectivity index (χ1) is 8.83. The molecule has 0 aromatic heterocycles. The molecule has 108 valence electrons. The van der Waals surface area contributed by atoms with Crippen molar-refractivity contribution in [2.24, 2.45) is 0 Å². The molecule has 1 heteroatoms. The highest BCUT2D eigenvalue weighted by molar-refractivity contribution is 4.55. The van der Waals surface area contributed by atoms with E-state index in [-0.39, 0.29) is 0 Å². The van der Waals surface area contributed by atoms with Crippen LogP contribution in [-0.4, -0.2) is 30.7 Å². The summed E-state index contributed by atoms with van der Waals surface area (Å²) in [5.74, 6) is 0. The van der Waals surface area contributed by atoms with Gasteiger partial charge >= 0.3 is 0 Å². The zero-order valence-corrected chi connectivity index (χ0v) is 13.1. The van der Waals surface area contributed by atoms with E-state index in [2.05, 4.69) is 13.8 Å². The molecule has 0 aromatic rings. The number of nitrogens with zero attached hydrogens (tertiary/aromatic N) is 1. The summed E-state index contributed by atoms with van der Waals surface area (Å²) in [4.78, 5) is 0. The van der Waals surface area contributed by atoms with E-state index < -0.39 is 0 Å². The van der Waals surface area contributed by atoms with E-state index in [1.165, 1.54) is 101 Å². The number of unbranched alkanes of at least 4 members (excludes halogenated alkanes) is 6. The first-order valence-electron chi connectivity index (χ1n) is 8.68. The minimum atomic E-state index is 1.37. The molecule has 0 spiro atoms. The van der Waals surface area contributed by atoms with Crippen LogP contribution in [0.4, 0.5) is 0 Å². The number of rotatable bonds is 10. The van der Waals surface area contributed by atoms with Crippen LogP contribution in [0, 0.1) is 0 Å². The molecule has 1 aliphatic rings. The maximum atomic E-state index is 2.36. The highest BCUT2D eigenvalue weighted by atomic mass is 15.3. The highest BCUT2D eigenvalue weighted by Gasteiger charge is 2.27. The Kier molecular flexibility index (Phi) is 8.75. The van der Waals surface area contributed by atoms with Crippen molar-refractivity contribution in [3.8, 4) is 0 Å². The zero-order chi connectivity index (χ0) is 13.1. The van der Waals surface area contributed by atoms with Crippen molar-refractivity contribution < 1.29 is 4.48 Å². The maximum Gasteiger partial charge on any atom is 0.0786 e. The molecule has 0 unspecified atom stereocenters. The van der Waals surface area contributed by atoms with Gasteiger partial charge in [0.25, 0.3) is 0 Å². The molecule has 18 heavy (non-hydrogen) atoms. The van der Waals surface area contributed by atoms with Crippen molar-refractivity contribution >= 4 is 0 Å². The maximum absolute atomic E-state index is 2.36. The summed E-state index contributed by atoms with van der Waals surface area (Å²) >= 11 is 0. The fourth-order valence-corrected chi connectivity index (χ4v) is 3.62. The second-order valence-corrected chi connectivity index (χ2v) is 6.42. The summed E-state index contributed by atoms with van der Waals surface area (Å²) in [6.07, 6.45) is 16.0. The lowest BCUT2D eigenvalue weighted by atomic mass is 10.0. The van der Waals surface area contributed by atoms with Crippen LogP contribution in [0.1, 0.15) is 84.5 Å². The quantitative estimate of drug-likeness (QED) is 0.374. The van der Waals surface area contributed by atoms with E-state index in [0.717, 1.165) is 0 Å². The summed E-state index contributed by atoms with van der Waals surface area (Å²) in [5.41, 5.74) is 0. The fourth-order valence-electron chi connectivity index (χ4n) is 3.62. The molecule has 0 radical (unpaired) electrons. The summed E-state index contributed by atoms with van der Waals surface area (Å²) in [7, 11) is 0. The van der Waals surface area contributed by atoms with Crippen LogP contribution >= 0.6 is 0 Å². The zero-order valence-electron chi connectivity index (χ0n) is 13.1. The van der Waals surface area contributed by atoms with Crippen molar-refractivity contribution in [1.82, 2.24) is 0 Å². The monoisotopic (exact) mass is 254 g/mol. The molecule has 0 bridgehead atoms. The number of hydrogen-bond donors (Lipinski definition) is 0. The second kappa shape index (κ2) is 9.83. The van der Waals surface area contributed by atoms with E-state index in [4.69, 9.17) is 0 Å². The molecule has 0 N–H and O–H groups in total. The molecule has 1 saturated heterocycles. The van der Waals surface area contributed by atoms with Gasteiger partial charge in [-0.3, -0.25) is 0 Å². The second-order valence-electron chi connectivity index (χ2n) is 6.42. The SMILES string of the molecule is CCCCCCCCC[N+]1(CCC)CCCCC1. The van der Waals surface area contributed by atoms with Crippen LogP contribution in [0.5, 0.6) is 0 Å². The normalized spacial score (nSPS) is 19.0. The van der Waals surface area contributed by atoms with Crippen LogP contribution in [0.3, 0.4) is 0 Å². The lowest BCUT2D eigenvalue weighted by molar-refractivity contribution is -0.932. The lowest BCUT2D eigenvalue weighted by Gasteiger charge is -2.41. The van der Waals surface area contributed by atoms with Gasteiger partial charge in [-0.1, -0.05) is 46.0 Å². The third kappa shape index (κ3) is 6.22. The first kappa shape index (κ1) is 16.0. The largest absolute Gasteiger partial charge is 0.324 e. The van der Waals surface area contributed by atoms with Gasteiger partial charge in [-0.15, -0.1) is 0 Å². The van der Waals surface area contributed by atoms with E-state index in [9.17, 15) is 0 Å². The predicted molar refractivity (Wildman–Crippen MR) is 81.9 cm³/mol. The fraction of sp³-hybridized carbons (Fsp3) is 1.00. The number of piperidine rings is 1. The van der Waals surface area contributed by atoms with Gasteiger partial charge < -0.3 is 4.48 Å². The molecule has 0 aliphatic carbocycles. The lowest BCUT2D eigenvalue weighted by Crippen LogP contribution is -2.52. The summed E-state index contributed by atoms with van der Waals surface area (Å²) in [5, 5.41) is 0. The average Bonchev–Trinajstić information content (AvgIpc) is 2.39. The third-order valence-corrected chi connectivity index (χ3v) is 4.70. The highest BCUT2D eigenvalue weighted by Crippen LogP contribution is 2.21. The van der Waals surface area contributed by atoms with Gasteiger partial charge in [-0.2, -0.15) is 0 Å². The van der Waals surface area contributed by atoms with Gasteiger partial charge in [0.1, 0.15) is 0 Å². The van der Waals surface area contributed by atoms with Crippen LogP contribution < -0.4 is 0 Å². The van der Waals surface area contributed by atoms with Crippen molar-refractivity contribution in [3.63, 3.8) is 0 Å². The molecule has 1 aliphatic heterocycles. The minimum absolute atomic E-state index is 1.37. The summed E-state index contributed by atoms with van der Waals surface area (Å²) in [6.45, 7) is 10.5. The van der Waals surface area contributed by atoms with Crippen LogP contribution in [0.2, 0.25) is 0 Å². The van der Waals surface area contributed by atoms with Gasteiger partial charge in [-0.25, -0.2) is 0 Å². The van der Waals surface area contributed by atoms with E-state index >= 15 is 0 Å². The summed E-state index contributed by atoms with van der Waals surface area (Å²) in [6, 6.07) is 0. The van der Waals surface area contributed by atoms with Gasteiger partial charge in [-0.05, 0) is 38.5 Å². The standard InChI is InChI=1S/C17H36N/c1-3-5-6-7-8-9-11-15-18(14-4-2)16-12-10-13-17-18/h3-17H2,1-2H3/q+1. The Morgan fingerprint density at radius 1 is 0.611 bits per heavy atom. The molecule has 1 nitrogen and oxygen atoms in total. The Balaban J connectivity index is 2.10. The number of quaternary nitrogens is 1. The van der Waals surface area contributed by atoms with E-state index in [1.54, 1.807) is 0 Å². The Hall–Kier alpha value is -0.0400. The molecule has 1 rings (SSSR count). The van der Waals surface area contributed by atoms with Crippen molar-refractivity contribution in [1.29, 1.82) is 0 Å². The van der Waals surface area contributed by atoms with Gasteiger partial charge in [0.2, 0.25) is 0 Å². The molecule has 1 fully saturated rings. The molecular weight excluding hydrogens is 218 g/mol. The van der Waals surface area contributed by atoms with Crippen LogP contribution in [0.15, 0.2) is 0 Å². The van der Waals surface area contributed by atoms with Crippen LogP contribution in [0.25, 0.3) is 0 Å². The van der Waals surface area contributed by atoms with Crippen molar-refractivity contribution in [3.05, 3.63) is 0 Å². The summed E-state index contributed by atoms with van der Waals surface area (Å²) < 4.78 is 1.46. The molecule has 1 heterocycles. The minimum Gasteiger partial charge on any atom is -0.324 e. The number of likely N-dealkylation sites (tertiary alicyclic amines) is 1. The molecule has 0 atom stereocenters. The van der Waals surface area contributed by atoms with Crippen molar-refractivity contribution in [2.75, 3.05) is 26.2 Å². The Morgan fingerprint density at radius 2 is 1.22 bits per heavy atom. The van der Waals surface area contributed by atoms with Crippen molar-refractivity contribution in [2.45, 2.75) is 84.5 Å². The topological polar surface area (TPSA) is 0 Å². The van der Waals surface area contributed by atoms with E-state index in [1.807, 2.05) is 0 Å². The first-order valence-corrected chi connectivity index (χ1v) is 8.68. The van der Waals surface area contributed by atoms with Crippen LogP contribution in [-0.2, 0) is 0 Å². The average molecular weight is 254 g/mol. The third-order valence-electron chi connectivity index (χ3n) is 4.70. The smallest absolute Gasteiger partial charge is 0.0786 e. The molecule has 0 aromatic carbocycles. The van der Waals surface area contributed by atoms with Gasteiger partial charge in [0.15, 0.2) is 0 Å². The Morgan fingerprint density at radius 3 is 1.83 bits per heavy atom. The molecular formula is C17H36N+. The van der Waals surface area contributed by atoms with E-state index in [0.29, 0.717) is 0 Å². The molecule has 0 saturated carbocycles. The van der Waals surface area contributed by atoms with Gasteiger partial charge in [0.05, 0.1) is 26.2 Å².